The van der Waals surface area contributed by atoms with Crippen LogP contribution in [0.25, 0.3) is 11.1 Å². The smallest absolute Gasteiger partial charge is 0.277 e. The summed E-state index contributed by atoms with van der Waals surface area (Å²) in [4.78, 5) is 36.9. The molecule has 0 saturated heterocycles. The van der Waals surface area contributed by atoms with Crippen molar-refractivity contribution in [2.75, 3.05) is 5.43 Å². The average Bonchev–Trinajstić information content (AvgIpc) is 2.63. The molecular weight excluding hydrogens is 332 g/mol. The highest BCUT2D eigenvalue weighted by Crippen LogP contribution is 2.22. The second kappa shape index (κ2) is 7.06. The van der Waals surface area contributed by atoms with Crippen LogP contribution in [0, 0.1) is 0 Å². The Morgan fingerprint density at radius 2 is 1.65 bits per heavy atom. The summed E-state index contributed by atoms with van der Waals surface area (Å²) in [6, 6.07) is 16.4. The van der Waals surface area contributed by atoms with Gasteiger partial charge in [0.2, 0.25) is 5.91 Å². The molecule has 1 amide bonds. The van der Waals surface area contributed by atoms with Gasteiger partial charge in [-0.1, -0.05) is 42.5 Å². The van der Waals surface area contributed by atoms with E-state index in [1.807, 2.05) is 6.07 Å². The van der Waals surface area contributed by atoms with Crippen LogP contribution in [0.2, 0.25) is 0 Å². The van der Waals surface area contributed by atoms with Gasteiger partial charge in [0.25, 0.3) is 5.56 Å². The van der Waals surface area contributed by atoms with E-state index in [0.717, 1.165) is 4.68 Å². The number of rotatable bonds is 4. The summed E-state index contributed by atoms with van der Waals surface area (Å²) in [6.07, 6.45) is 1.25. The molecule has 6 heteroatoms. The minimum atomic E-state index is -0.459. The Bertz CT molecular complexity index is 1040. The van der Waals surface area contributed by atoms with Gasteiger partial charge >= 0.3 is 0 Å². The highest BCUT2D eigenvalue weighted by molar-refractivity contribution is 6.11. The molecule has 6 nitrogen and oxygen atoms in total. The van der Waals surface area contributed by atoms with Crippen LogP contribution in [0.4, 0.5) is 0 Å². The molecule has 130 valence electrons. The van der Waals surface area contributed by atoms with E-state index in [1.54, 1.807) is 36.4 Å². The van der Waals surface area contributed by atoms with Gasteiger partial charge in [-0.2, -0.15) is 0 Å². The lowest BCUT2D eigenvalue weighted by molar-refractivity contribution is -0.115. The van der Waals surface area contributed by atoms with Gasteiger partial charge in [0, 0.05) is 24.2 Å². The lowest BCUT2D eigenvalue weighted by Gasteiger charge is -2.12. The SMILES string of the molecule is CC(=O)Nn1cc(C(=O)c2ccccc2O)cc(-c2ccccc2)c1=O. The maximum absolute atomic E-state index is 12.8. The number of carbonyl (C=O) groups excluding carboxylic acids is 2. The van der Waals surface area contributed by atoms with Crippen LogP contribution in [0.1, 0.15) is 22.8 Å². The van der Waals surface area contributed by atoms with Crippen LogP contribution in [0.5, 0.6) is 5.75 Å². The van der Waals surface area contributed by atoms with E-state index in [2.05, 4.69) is 5.43 Å². The van der Waals surface area contributed by atoms with Crippen molar-refractivity contribution in [2.45, 2.75) is 6.92 Å². The summed E-state index contributed by atoms with van der Waals surface area (Å²) in [6.45, 7) is 1.27. The third-order valence-electron chi connectivity index (χ3n) is 3.79. The molecular formula is C20H16N2O4. The van der Waals surface area contributed by atoms with Gasteiger partial charge in [0.1, 0.15) is 5.75 Å². The normalized spacial score (nSPS) is 10.3. The number of aromatic nitrogens is 1. The first-order valence-electron chi connectivity index (χ1n) is 7.90. The van der Waals surface area contributed by atoms with E-state index in [-0.39, 0.29) is 22.4 Å². The van der Waals surface area contributed by atoms with E-state index in [0.29, 0.717) is 5.56 Å². The summed E-state index contributed by atoms with van der Waals surface area (Å²) in [7, 11) is 0. The second-order valence-electron chi connectivity index (χ2n) is 5.70. The van der Waals surface area contributed by atoms with E-state index in [4.69, 9.17) is 0 Å². The maximum Gasteiger partial charge on any atom is 0.277 e. The fourth-order valence-electron chi connectivity index (χ4n) is 2.60. The molecule has 0 fully saturated rings. The number of hydrogen-bond acceptors (Lipinski definition) is 4. The standard InChI is InChI=1S/C20H16N2O4/c1-13(23)21-22-12-15(19(25)16-9-5-6-10-18(16)24)11-17(20(22)26)14-7-3-2-4-8-14/h2-12,24H,1H3,(H,21,23). The van der Waals surface area contributed by atoms with Crippen LogP contribution in [-0.4, -0.2) is 21.5 Å². The topological polar surface area (TPSA) is 88.4 Å². The predicted molar refractivity (Wildman–Crippen MR) is 97.7 cm³/mol. The Kier molecular flexibility index (Phi) is 4.66. The zero-order valence-electron chi connectivity index (χ0n) is 14.0. The molecule has 0 saturated carbocycles. The third-order valence-corrected chi connectivity index (χ3v) is 3.79. The van der Waals surface area contributed by atoms with Gasteiger partial charge in [-0.25, -0.2) is 4.68 Å². The zero-order chi connectivity index (χ0) is 18.7. The number of aromatic hydroxyl groups is 1. The van der Waals surface area contributed by atoms with Crippen LogP contribution < -0.4 is 11.0 Å². The zero-order valence-corrected chi connectivity index (χ0v) is 14.0. The molecule has 0 unspecified atom stereocenters. The number of hydrogen-bond donors (Lipinski definition) is 2. The van der Waals surface area contributed by atoms with Crippen molar-refractivity contribution < 1.29 is 14.7 Å². The monoisotopic (exact) mass is 348 g/mol. The lowest BCUT2D eigenvalue weighted by Crippen LogP contribution is -2.33. The molecule has 3 rings (SSSR count). The van der Waals surface area contributed by atoms with Crippen molar-refractivity contribution in [3.05, 3.63) is 88.3 Å². The van der Waals surface area contributed by atoms with Crippen LogP contribution in [0.15, 0.2) is 71.7 Å². The summed E-state index contributed by atoms with van der Waals surface area (Å²) < 4.78 is 0.984. The van der Waals surface area contributed by atoms with E-state index in [1.165, 1.54) is 31.3 Å². The predicted octanol–water partition coefficient (Wildman–Crippen LogP) is 2.54. The first kappa shape index (κ1) is 17.2. The summed E-state index contributed by atoms with van der Waals surface area (Å²) in [5.41, 5.74) is 3.09. The molecule has 0 radical (unpaired) electrons. The molecule has 2 aromatic carbocycles. The highest BCUT2D eigenvalue weighted by Gasteiger charge is 2.17. The minimum absolute atomic E-state index is 0.111. The molecule has 0 aliphatic carbocycles. The van der Waals surface area contributed by atoms with Crippen molar-refractivity contribution >= 4 is 11.7 Å². The molecule has 0 atom stereocenters. The molecule has 0 bridgehead atoms. The van der Waals surface area contributed by atoms with Gasteiger partial charge < -0.3 is 5.11 Å². The Morgan fingerprint density at radius 1 is 1.00 bits per heavy atom. The number of nitrogens with one attached hydrogen (secondary N) is 1. The van der Waals surface area contributed by atoms with E-state index < -0.39 is 17.2 Å². The first-order chi connectivity index (χ1) is 12.5. The summed E-state index contributed by atoms with van der Waals surface area (Å²) >= 11 is 0. The Labute approximate surface area is 149 Å². The molecule has 26 heavy (non-hydrogen) atoms. The minimum Gasteiger partial charge on any atom is -0.507 e. The number of benzene rings is 2. The molecule has 2 N–H and O–H groups in total. The van der Waals surface area contributed by atoms with Gasteiger partial charge in [0.05, 0.1) is 5.56 Å². The van der Waals surface area contributed by atoms with Crippen molar-refractivity contribution in [1.29, 1.82) is 0 Å². The summed E-state index contributed by atoms with van der Waals surface area (Å²) in [5.74, 6) is -1.06. The number of amides is 1. The van der Waals surface area contributed by atoms with Crippen molar-refractivity contribution in [3.63, 3.8) is 0 Å². The van der Waals surface area contributed by atoms with E-state index in [9.17, 15) is 19.5 Å². The first-order valence-corrected chi connectivity index (χ1v) is 7.90. The largest absolute Gasteiger partial charge is 0.507 e. The number of carbonyl (C=O) groups is 2. The van der Waals surface area contributed by atoms with E-state index >= 15 is 0 Å². The quantitative estimate of drug-likeness (QED) is 0.709. The number of ketones is 1. The Balaban J connectivity index is 2.20. The Hall–Kier alpha value is -3.67. The van der Waals surface area contributed by atoms with Crippen molar-refractivity contribution in [2.24, 2.45) is 0 Å². The molecule has 0 aliphatic heterocycles. The summed E-state index contributed by atoms with van der Waals surface area (Å²) in [5, 5.41) is 9.94. The highest BCUT2D eigenvalue weighted by atomic mass is 16.3. The van der Waals surface area contributed by atoms with Gasteiger partial charge in [-0.3, -0.25) is 19.8 Å². The molecule has 3 aromatic rings. The van der Waals surface area contributed by atoms with Gasteiger partial charge in [-0.15, -0.1) is 0 Å². The number of nitrogens with zero attached hydrogens (tertiary/aromatic N) is 1. The lowest BCUT2D eigenvalue weighted by atomic mass is 10.00. The number of phenolic OH excluding ortho intramolecular Hbond substituents is 1. The Morgan fingerprint density at radius 3 is 2.31 bits per heavy atom. The maximum atomic E-state index is 12.8. The number of para-hydroxylation sites is 1. The molecule has 0 aliphatic rings. The van der Waals surface area contributed by atoms with Crippen molar-refractivity contribution in [3.8, 4) is 16.9 Å². The number of phenols is 1. The third kappa shape index (κ3) is 3.39. The molecule has 1 heterocycles. The molecule has 0 spiro atoms. The van der Waals surface area contributed by atoms with Crippen LogP contribution in [0.3, 0.4) is 0 Å². The van der Waals surface area contributed by atoms with Gasteiger partial charge in [-0.05, 0) is 23.8 Å². The fourth-order valence-corrected chi connectivity index (χ4v) is 2.60. The molecule has 1 aromatic heterocycles. The number of pyridine rings is 1. The van der Waals surface area contributed by atoms with Crippen molar-refractivity contribution in [1.82, 2.24) is 4.68 Å². The van der Waals surface area contributed by atoms with Gasteiger partial charge in [0.15, 0.2) is 5.78 Å². The second-order valence-corrected chi connectivity index (χ2v) is 5.70. The van der Waals surface area contributed by atoms with Crippen LogP contribution in [-0.2, 0) is 4.79 Å². The fraction of sp³-hybridized carbons (Fsp3) is 0.0500. The average molecular weight is 348 g/mol. The van der Waals surface area contributed by atoms with Crippen LogP contribution >= 0.6 is 0 Å².